The lowest BCUT2D eigenvalue weighted by Gasteiger charge is -2.39. The first-order chi connectivity index (χ1) is 11.9. The Bertz CT molecular complexity index is 626. The number of hydrogen-bond donors (Lipinski definition) is 1. The molecule has 1 aliphatic rings. The van der Waals surface area contributed by atoms with Gasteiger partial charge in [-0.2, -0.15) is 12.7 Å². The normalized spacial score (nSPS) is 18.4. The van der Waals surface area contributed by atoms with E-state index in [2.05, 4.69) is 21.4 Å². The molecule has 0 aliphatic carbocycles. The van der Waals surface area contributed by atoms with Crippen LogP contribution in [-0.4, -0.2) is 83.0 Å². The average Bonchev–Trinajstić information content (AvgIpc) is 2.62. The summed E-state index contributed by atoms with van der Waals surface area (Å²) in [6.07, 6.45) is 0. The lowest BCUT2D eigenvalue weighted by atomic mass is 10.0. The summed E-state index contributed by atoms with van der Waals surface area (Å²) in [5, 5.41) is 0. The zero-order chi connectivity index (χ0) is 18.4. The van der Waals surface area contributed by atoms with Crippen LogP contribution in [0.4, 0.5) is 0 Å². The number of hydrogen-bond acceptors (Lipinski definition) is 5. The van der Waals surface area contributed by atoms with Crippen LogP contribution < -0.4 is 9.46 Å². The summed E-state index contributed by atoms with van der Waals surface area (Å²) >= 11 is 0. The van der Waals surface area contributed by atoms with Crippen molar-refractivity contribution in [3.05, 3.63) is 29.8 Å². The van der Waals surface area contributed by atoms with Crippen molar-refractivity contribution in [2.24, 2.45) is 0 Å². The monoisotopic (exact) mass is 370 g/mol. The maximum Gasteiger partial charge on any atom is 0.278 e. The highest BCUT2D eigenvalue weighted by Crippen LogP contribution is 2.24. The summed E-state index contributed by atoms with van der Waals surface area (Å²) in [5.74, 6) is 0.798. The zero-order valence-corrected chi connectivity index (χ0v) is 16.4. The van der Waals surface area contributed by atoms with E-state index < -0.39 is 10.2 Å². The molecular weight excluding hydrogens is 340 g/mol. The first-order valence-electron chi connectivity index (χ1n) is 8.65. The molecule has 25 heavy (non-hydrogen) atoms. The molecule has 1 saturated heterocycles. The average molecular weight is 371 g/mol. The molecule has 1 atom stereocenters. The number of nitrogens with zero attached hydrogens (tertiary/aromatic N) is 3. The quantitative estimate of drug-likeness (QED) is 0.732. The van der Waals surface area contributed by atoms with Crippen LogP contribution >= 0.6 is 0 Å². The number of rotatable bonds is 8. The molecule has 8 heteroatoms. The first kappa shape index (κ1) is 20.1. The summed E-state index contributed by atoms with van der Waals surface area (Å²) in [4.78, 5) is 4.76. The van der Waals surface area contributed by atoms with E-state index in [0.717, 1.165) is 44.0 Å². The van der Waals surface area contributed by atoms with Gasteiger partial charge in [-0.1, -0.05) is 19.1 Å². The molecule has 0 saturated carbocycles. The molecule has 1 fully saturated rings. The number of methoxy groups -OCH3 is 1. The summed E-state index contributed by atoms with van der Waals surface area (Å²) in [6.45, 7) is 7.42. The van der Waals surface area contributed by atoms with Gasteiger partial charge < -0.3 is 9.64 Å². The van der Waals surface area contributed by atoms with Crippen molar-refractivity contribution >= 4 is 10.2 Å². The fourth-order valence-corrected chi connectivity index (χ4v) is 3.62. The molecule has 0 spiro atoms. The van der Waals surface area contributed by atoms with Gasteiger partial charge in [0.2, 0.25) is 0 Å². The van der Waals surface area contributed by atoms with E-state index in [0.29, 0.717) is 6.54 Å². The smallest absolute Gasteiger partial charge is 0.278 e. The molecule has 1 N–H and O–H groups in total. The van der Waals surface area contributed by atoms with E-state index in [1.54, 1.807) is 7.11 Å². The second-order valence-corrected chi connectivity index (χ2v) is 8.36. The Morgan fingerprint density at radius 1 is 1.16 bits per heavy atom. The molecule has 1 aromatic rings. The maximum absolute atomic E-state index is 12.1. The van der Waals surface area contributed by atoms with E-state index in [1.807, 2.05) is 24.3 Å². The second-order valence-electron chi connectivity index (χ2n) is 6.40. The van der Waals surface area contributed by atoms with Crippen molar-refractivity contribution in [3.8, 4) is 5.75 Å². The Balaban J connectivity index is 2.15. The Hall–Kier alpha value is -1.19. The Morgan fingerprint density at radius 3 is 2.24 bits per heavy atom. The van der Waals surface area contributed by atoms with Crippen LogP contribution in [0.3, 0.4) is 0 Å². The van der Waals surface area contributed by atoms with Crippen LogP contribution in [-0.2, 0) is 10.2 Å². The lowest BCUT2D eigenvalue weighted by Crippen LogP contribution is -2.50. The maximum atomic E-state index is 12.1. The molecule has 0 radical (unpaired) electrons. The van der Waals surface area contributed by atoms with Crippen LogP contribution in [0.5, 0.6) is 5.75 Å². The minimum atomic E-state index is -3.45. The third kappa shape index (κ3) is 5.39. The minimum Gasteiger partial charge on any atom is -0.497 e. The summed E-state index contributed by atoms with van der Waals surface area (Å²) < 4.78 is 33.4. The number of nitrogens with one attached hydrogen (secondary N) is 1. The predicted molar refractivity (Wildman–Crippen MR) is 100 cm³/mol. The second kappa shape index (κ2) is 8.95. The largest absolute Gasteiger partial charge is 0.497 e. The van der Waals surface area contributed by atoms with Crippen LogP contribution in [0, 0.1) is 0 Å². The molecule has 0 bridgehead atoms. The van der Waals surface area contributed by atoms with Crippen molar-refractivity contribution in [1.29, 1.82) is 0 Å². The summed E-state index contributed by atoms with van der Waals surface area (Å²) in [5.41, 5.74) is 1.09. The lowest BCUT2D eigenvalue weighted by molar-refractivity contribution is 0.100. The van der Waals surface area contributed by atoms with Crippen LogP contribution in [0.1, 0.15) is 18.5 Å². The first-order valence-corrected chi connectivity index (χ1v) is 10.1. The molecule has 1 aliphatic heterocycles. The Kier molecular flexibility index (Phi) is 7.21. The Morgan fingerprint density at radius 2 is 1.76 bits per heavy atom. The highest BCUT2D eigenvalue weighted by atomic mass is 32.2. The van der Waals surface area contributed by atoms with Crippen molar-refractivity contribution in [2.75, 3.05) is 60.5 Å². The summed E-state index contributed by atoms with van der Waals surface area (Å²) in [7, 11) is 1.26. The van der Waals surface area contributed by atoms with Gasteiger partial charge in [0, 0.05) is 52.9 Å². The molecule has 1 heterocycles. The van der Waals surface area contributed by atoms with Gasteiger partial charge in [-0.05, 0) is 24.2 Å². The summed E-state index contributed by atoms with van der Waals surface area (Å²) in [6, 6.07) is 7.87. The van der Waals surface area contributed by atoms with Crippen molar-refractivity contribution in [2.45, 2.75) is 13.0 Å². The van der Waals surface area contributed by atoms with Crippen molar-refractivity contribution < 1.29 is 13.2 Å². The highest BCUT2D eigenvalue weighted by Gasteiger charge is 2.26. The predicted octanol–water partition coefficient (Wildman–Crippen LogP) is 0.770. The molecule has 0 aromatic heterocycles. The standard InChI is InChI=1S/C17H30N4O3S/c1-5-20-10-12-21(13-11-20)17(14-18-25(22,23)19(2)3)15-6-8-16(24-4)9-7-15/h6-9,17-18H,5,10-14H2,1-4H3. The van der Waals surface area contributed by atoms with E-state index in [1.165, 1.54) is 18.4 Å². The molecule has 142 valence electrons. The van der Waals surface area contributed by atoms with E-state index in [4.69, 9.17) is 4.74 Å². The van der Waals surface area contributed by atoms with Crippen LogP contribution in [0.15, 0.2) is 24.3 Å². The third-order valence-corrected chi connectivity index (χ3v) is 6.23. The fourth-order valence-electron chi connectivity index (χ4n) is 2.99. The van der Waals surface area contributed by atoms with Crippen molar-refractivity contribution in [1.82, 2.24) is 18.8 Å². The van der Waals surface area contributed by atoms with Gasteiger partial charge in [-0.25, -0.2) is 4.72 Å². The highest BCUT2D eigenvalue weighted by molar-refractivity contribution is 7.87. The van der Waals surface area contributed by atoms with Gasteiger partial charge in [0.1, 0.15) is 5.75 Å². The molecule has 1 aromatic carbocycles. The van der Waals surface area contributed by atoms with E-state index in [9.17, 15) is 8.42 Å². The zero-order valence-electron chi connectivity index (χ0n) is 15.6. The van der Waals surface area contributed by atoms with Crippen LogP contribution in [0.25, 0.3) is 0 Å². The molecular formula is C17H30N4O3S. The van der Waals surface area contributed by atoms with Gasteiger partial charge >= 0.3 is 0 Å². The number of benzene rings is 1. The van der Waals surface area contributed by atoms with Crippen LogP contribution in [0.2, 0.25) is 0 Å². The minimum absolute atomic E-state index is 0.000336. The van der Waals surface area contributed by atoms with E-state index in [-0.39, 0.29) is 6.04 Å². The molecule has 2 rings (SSSR count). The van der Waals surface area contributed by atoms with Gasteiger partial charge in [0.15, 0.2) is 0 Å². The van der Waals surface area contributed by atoms with E-state index >= 15 is 0 Å². The number of likely N-dealkylation sites (N-methyl/N-ethyl adjacent to an activating group) is 1. The molecule has 1 unspecified atom stereocenters. The van der Waals surface area contributed by atoms with Gasteiger partial charge in [-0.15, -0.1) is 0 Å². The third-order valence-electron chi connectivity index (χ3n) is 4.74. The Labute approximate surface area is 151 Å². The fraction of sp³-hybridized carbons (Fsp3) is 0.647. The van der Waals surface area contributed by atoms with Gasteiger partial charge in [0.25, 0.3) is 10.2 Å². The number of piperazine rings is 1. The molecule has 0 amide bonds. The van der Waals surface area contributed by atoms with Gasteiger partial charge in [0.05, 0.1) is 7.11 Å². The van der Waals surface area contributed by atoms with Crippen molar-refractivity contribution in [3.63, 3.8) is 0 Å². The SMILES string of the molecule is CCN1CCN(C(CNS(=O)(=O)N(C)C)c2ccc(OC)cc2)CC1. The number of ether oxygens (including phenoxy) is 1. The molecule has 7 nitrogen and oxygen atoms in total. The topological polar surface area (TPSA) is 65.1 Å². The van der Waals surface area contributed by atoms with Gasteiger partial charge in [-0.3, -0.25) is 4.90 Å².